The van der Waals surface area contributed by atoms with Crippen LogP contribution in [0.25, 0.3) is 0 Å². The summed E-state index contributed by atoms with van der Waals surface area (Å²) < 4.78 is 0. The smallest absolute Gasteiger partial charge is 0.221 e. The highest BCUT2D eigenvalue weighted by molar-refractivity contribution is 7.15. The minimum Gasteiger partial charge on any atom is -0.363 e. The SMILES string of the molecule is CNC(=O)CCN(C)Cc1nnc(NC)s1. The first-order chi connectivity index (χ1) is 7.65. The van der Waals surface area contributed by atoms with Crippen LogP contribution in [-0.2, 0) is 11.3 Å². The molecule has 0 aliphatic carbocycles. The van der Waals surface area contributed by atoms with E-state index < -0.39 is 0 Å². The number of carbonyl (C=O) groups excluding carboxylic acids is 1. The predicted molar refractivity (Wildman–Crippen MR) is 64.5 cm³/mol. The molecule has 16 heavy (non-hydrogen) atoms. The van der Waals surface area contributed by atoms with Crippen molar-refractivity contribution in [3.8, 4) is 0 Å². The van der Waals surface area contributed by atoms with Gasteiger partial charge in [-0.3, -0.25) is 9.69 Å². The number of anilines is 1. The molecule has 0 spiro atoms. The molecule has 0 saturated heterocycles. The summed E-state index contributed by atoms with van der Waals surface area (Å²) in [6, 6.07) is 0. The van der Waals surface area contributed by atoms with E-state index in [1.807, 2.05) is 14.1 Å². The monoisotopic (exact) mass is 243 g/mol. The van der Waals surface area contributed by atoms with Gasteiger partial charge < -0.3 is 10.6 Å². The number of nitrogens with zero attached hydrogens (tertiary/aromatic N) is 3. The molecule has 6 nitrogen and oxygen atoms in total. The largest absolute Gasteiger partial charge is 0.363 e. The summed E-state index contributed by atoms with van der Waals surface area (Å²) >= 11 is 1.53. The average Bonchev–Trinajstić information content (AvgIpc) is 2.73. The fourth-order valence-electron chi connectivity index (χ4n) is 1.15. The molecule has 1 amide bonds. The Morgan fingerprint density at radius 1 is 1.44 bits per heavy atom. The Morgan fingerprint density at radius 3 is 2.75 bits per heavy atom. The molecule has 0 bridgehead atoms. The van der Waals surface area contributed by atoms with E-state index in [1.54, 1.807) is 7.05 Å². The summed E-state index contributed by atoms with van der Waals surface area (Å²) in [6.45, 7) is 1.44. The first kappa shape index (κ1) is 12.9. The van der Waals surface area contributed by atoms with Gasteiger partial charge in [0.2, 0.25) is 11.0 Å². The molecule has 2 N–H and O–H groups in total. The molecule has 90 valence electrons. The minimum absolute atomic E-state index is 0.0556. The van der Waals surface area contributed by atoms with Gasteiger partial charge in [-0.2, -0.15) is 0 Å². The lowest BCUT2D eigenvalue weighted by Gasteiger charge is -2.13. The summed E-state index contributed by atoms with van der Waals surface area (Å²) in [5.41, 5.74) is 0. The van der Waals surface area contributed by atoms with Crippen LogP contribution in [0.5, 0.6) is 0 Å². The third kappa shape index (κ3) is 4.11. The molecule has 0 atom stereocenters. The predicted octanol–water partition coefficient (Wildman–Crippen LogP) is 0.148. The van der Waals surface area contributed by atoms with Crippen LogP contribution in [0.15, 0.2) is 0 Å². The van der Waals surface area contributed by atoms with Crippen molar-refractivity contribution in [3.05, 3.63) is 5.01 Å². The fourth-order valence-corrected chi connectivity index (χ4v) is 1.92. The fraction of sp³-hybridized carbons (Fsp3) is 0.667. The van der Waals surface area contributed by atoms with E-state index in [4.69, 9.17) is 0 Å². The first-order valence-electron chi connectivity index (χ1n) is 5.05. The second-order valence-corrected chi connectivity index (χ2v) is 4.47. The molecule has 1 aromatic heterocycles. The number of hydrogen-bond donors (Lipinski definition) is 2. The molecule has 0 fully saturated rings. The molecule has 0 aliphatic heterocycles. The van der Waals surface area contributed by atoms with Gasteiger partial charge in [0, 0.05) is 27.1 Å². The zero-order valence-corrected chi connectivity index (χ0v) is 10.6. The number of nitrogens with one attached hydrogen (secondary N) is 2. The van der Waals surface area contributed by atoms with Crippen LogP contribution in [0.2, 0.25) is 0 Å². The van der Waals surface area contributed by atoms with Gasteiger partial charge in [0.05, 0.1) is 6.54 Å². The van der Waals surface area contributed by atoms with Crippen LogP contribution in [0.1, 0.15) is 11.4 Å². The maximum absolute atomic E-state index is 11.0. The van der Waals surface area contributed by atoms with Crippen molar-refractivity contribution in [2.75, 3.05) is 33.0 Å². The van der Waals surface area contributed by atoms with E-state index in [2.05, 4.69) is 25.7 Å². The normalized spacial score (nSPS) is 10.5. The third-order valence-electron chi connectivity index (χ3n) is 2.09. The van der Waals surface area contributed by atoms with Crippen LogP contribution in [0, 0.1) is 0 Å². The zero-order valence-electron chi connectivity index (χ0n) is 9.78. The highest BCUT2D eigenvalue weighted by Crippen LogP contribution is 2.15. The summed E-state index contributed by atoms with van der Waals surface area (Å²) in [7, 11) is 5.43. The Labute approximate surface area is 99.1 Å². The summed E-state index contributed by atoms with van der Waals surface area (Å²) in [5, 5.41) is 15.3. The summed E-state index contributed by atoms with van der Waals surface area (Å²) in [4.78, 5) is 13.1. The van der Waals surface area contributed by atoms with Gasteiger partial charge in [-0.05, 0) is 7.05 Å². The maximum atomic E-state index is 11.0. The lowest BCUT2D eigenvalue weighted by atomic mass is 10.4. The summed E-state index contributed by atoms with van der Waals surface area (Å²) in [5.74, 6) is 0.0556. The Morgan fingerprint density at radius 2 is 2.19 bits per heavy atom. The lowest BCUT2D eigenvalue weighted by Crippen LogP contribution is -2.26. The highest BCUT2D eigenvalue weighted by atomic mass is 32.1. The van der Waals surface area contributed by atoms with E-state index in [9.17, 15) is 4.79 Å². The third-order valence-corrected chi connectivity index (χ3v) is 3.01. The second-order valence-electron chi connectivity index (χ2n) is 3.41. The molecule has 0 radical (unpaired) electrons. The quantitative estimate of drug-likeness (QED) is 0.744. The van der Waals surface area contributed by atoms with Gasteiger partial charge >= 0.3 is 0 Å². The number of carbonyl (C=O) groups is 1. The Bertz CT molecular complexity index is 340. The van der Waals surface area contributed by atoms with Crippen molar-refractivity contribution in [2.45, 2.75) is 13.0 Å². The van der Waals surface area contributed by atoms with E-state index in [1.165, 1.54) is 11.3 Å². The van der Waals surface area contributed by atoms with Crippen LogP contribution in [-0.4, -0.2) is 48.7 Å². The van der Waals surface area contributed by atoms with Crippen molar-refractivity contribution >= 4 is 22.4 Å². The Kier molecular flexibility index (Phi) is 5.13. The highest BCUT2D eigenvalue weighted by Gasteiger charge is 2.07. The van der Waals surface area contributed by atoms with Crippen LogP contribution < -0.4 is 10.6 Å². The molecular weight excluding hydrogens is 226 g/mol. The number of rotatable bonds is 6. The second kappa shape index (κ2) is 6.39. The van der Waals surface area contributed by atoms with Gasteiger partial charge in [0.1, 0.15) is 5.01 Å². The van der Waals surface area contributed by atoms with E-state index in [-0.39, 0.29) is 5.91 Å². The van der Waals surface area contributed by atoms with Crippen molar-refractivity contribution in [1.82, 2.24) is 20.4 Å². The first-order valence-corrected chi connectivity index (χ1v) is 5.86. The Hall–Kier alpha value is -1.21. The van der Waals surface area contributed by atoms with Gasteiger partial charge in [0.25, 0.3) is 0 Å². The van der Waals surface area contributed by atoms with Crippen molar-refractivity contribution in [3.63, 3.8) is 0 Å². The van der Waals surface area contributed by atoms with Gasteiger partial charge in [0.15, 0.2) is 0 Å². The standard InChI is InChI=1S/C9H17N5OS/c1-10-7(15)4-5-14(3)6-8-12-13-9(11-2)16-8/h4-6H2,1-3H3,(H,10,15)(H,11,13). The lowest BCUT2D eigenvalue weighted by molar-refractivity contribution is -0.120. The Balaban J connectivity index is 2.33. The maximum Gasteiger partial charge on any atom is 0.221 e. The van der Waals surface area contributed by atoms with Gasteiger partial charge in [-0.25, -0.2) is 0 Å². The van der Waals surface area contributed by atoms with Crippen molar-refractivity contribution in [1.29, 1.82) is 0 Å². The molecule has 1 heterocycles. The topological polar surface area (TPSA) is 70.2 Å². The van der Waals surface area contributed by atoms with Crippen LogP contribution in [0.4, 0.5) is 5.13 Å². The van der Waals surface area contributed by atoms with Crippen molar-refractivity contribution < 1.29 is 4.79 Å². The van der Waals surface area contributed by atoms with E-state index in [0.29, 0.717) is 13.0 Å². The molecule has 0 saturated carbocycles. The summed E-state index contributed by atoms with van der Waals surface area (Å²) in [6.07, 6.45) is 0.505. The molecule has 0 aliphatic rings. The van der Waals surface area contributed by atoms with E-state index >= 15 is 0 Å². The molecular formula is C9H17N5OS. The zero-order chi connectivity index (χ0) is 12.0. The molecule has 0 unspecified atom stereocenters. The minimum atomic E-state index is 0.0556. The van der Waals surface area contributed by atoms with Gasteiger partial charge in [-0.1, -0.05) is 11.3 Å². The van der Waals surface area contributed by atoms with Crippen molar-refractivity contribution in [2.24, 2.45) is 0 Å². The molecule has 1 rings (SSSR count). The average molecular weight is 243 g/mol. The molecule has 1 aromatic rings. The number of aromatic nitrogens is 2. The number of amides is 1. The van der Waals surface area contributed by atoms with Crippen LogP contribution >= 0.6 is 11.3 Å². The number of hydrogen-bond acceptors (Lipinski definition) is 6. The van der Waals surface area contributed by atoms with E-state index in [0.717, 1.165) is 16.7 Å². The molecule has 0 aromatic carbocycles. The van der Waals surface area contributed by atoms with Crippen LogP contribution in [0.3, 0.4) is 0 Å². The molecule has 7 heteroatoms. The van der Waals surface area contributed by atoms with Gasteiger partial charge in [-0.15, -0.1) is 10.2 Å².